The maximum Gasteiger partial charge on any atom is 0.177 e. The fourth-order valence-corrected chi connectivity index (χ4v) is 2.61. The highest BCUT2D eigenvalue weighted by Gasteiger charge is 2.07. The van der Waals surface area contributed by atoms with Crippen molar-refractivity contribution in [2.75, 3.05) is 6.26 Å². The monoisotopic (exact) mass is 223 g/mol. The van der Waals surface area contributed by atoms with E-state index in [1.165, 1.54) is 6.07 Å². The number of halogens is 1. The number of hydrogen-bond donors (Lipinski definition) is 0. The van der Waals surface area contributed by atoms with Crippen molar-refractivity contribution in [2.24, 2.45) is 0 Å². The molecule has 2 rings (SSSR count). The van der Waals surface area contributed by atoms with Gasteiger partial charge in [-0.2, -0.15) is 9.65 Å². The van der Waals surface area contributed by atoms with Crippen molar-refractivity contribution < 1.29 is 4.39 Å². The molecule has 0 aliphatic heterocycles. The predicted octanol–water partition coefficient (Wildman–Crippen LogP) is 3.63. The zero-order valence-corrected chi connectivity index (χ0v) is 9.01. The van der Waals surface area contributed by atoms with E-state index in [0.717, 1.165) is 26.3 Å². The molecule has 14 heavy (non-hydrogen) atoms. The van der Waals surface area contributed by atoms with Crippen molar-refractivity contribution >= 4 is 33.2 Å². The first-order valence-electron chi connectivity index (χ1n) is 3.92. The Labute approximate surface area is 89.2 Å². The Morgan fingerprint density at radius 2 is 2.21 bits per heavy atom. The van der Waals surface area contributed by atoms with E-state index >= 15 is 0 Å². The van der Waals surface area contributed by atoms with Crippen LogP contribution < -0.4 is 0 Å². The SMILES string of the molecule is CSc1cc(C#N)c2sc(F)cc2c1. The van der Waals surface area contributed by atoms with E-state index in [1.54, 1.807) is 17.8 Å². The van der Waals surface area contributed by atoms with Gasteiger partial charge >= 0.3 is 0 Å². The normalized spacial score (nSPS) is 10.4. The molecule has 2 aromatic rings. The van der Waals surface area contributed by atoms with Gasteiger partial charge < -0.3 is 0 Å². The summed E-state index contributed by atoms with van der Waals surface area (Å²) in [5, 5.41) is 9.46. The Balaban J connectivity index is 2.80. The Morgan fingerprint density at radius 3 is 2.86 bits per heavy atom. The molecule has 1 aromatic carbocycles. The molecule has 1 heterocycles. The number of hydrogen-bond acceptors (Lipinski definition) is 3. The summed E-state index contributed by atoms with van der Waals surface area (Å²) in [5.74, 6) is 0. The average molecular weight is 223 g/mol. The number of nitrogens with zero attached hydrogens (tertiary/aromatic N) is 1. The quantitative estimate of drug-likeness (QED) is 0.689. The molecule has 0 amide bonds. The van der Waals surface area contributed by atoms with Crippen molar-refractivity contribution in [1.29, 1.82) is 5.26 Å². The smallest absolute Gasteiger partial charge is 0.177 e. The maximum absolute atomic E-state index is 13.0. The van der Waals surface area contributed by atoms with E-state index in [4.69, 9.17) is 5.26 Å². The molecular formula is C10H6FNS2. The summed E-state index contributed by atoms with van der Waals surface area (Å²) in [4.78, 5) is 0.992. The zero-order chi connectivity index (χ0) is 10.1. The van der Waals surface area contributed by atoms with Crippen molar-refractivity contribution in [3.8, 4) is 6.07 Å². The lowest BCUT2D eigenvalue weighted by Gasteiger charge is -1.97. The summed E-state index contributed by atoms with van der Waals surface area (Å²) in [6.07, 6.45) is 1.94. The summed E-state index contributed by atoms with van der Waals surface area (Å²) in [6, 6.07) is 7.26. The molecule has 0 saturated carbocycles. The van der Waals surface area contributed by atoms with E-state index in [9.17, 15) is 4.39 Å². The minimum atomic E-state index is -0.241. The lowest BCUT2D eigenvalue weighted by molar-refractivity contribution is 0.658. The molecule has 0 aliphatic carbocycles. The first kappa shape index (κ1) is 9.50. The van der Waals surface area contributed by atoms with Gasteiger partial charge in [-0.05, 0) is 29.8 Å². The molecule has 0 fully saturated rings. The number of fused-ring (bicyclic) bond motifs is 1. The summed E-state index contributed by atoms with van der Waals surface area (Å²) in [7, 11) is 0. The van der Waals surface area contributed by atoms with Crippen molar-refractivity contribution in [3.05, 3.63) is 28.9 Å². The maximum atomic E-state index is 13.0. The molecule has 70 valence electrons. The van der Waals surface area contributed by atoms with Crippen LogP contribution in [-0.2, 0) is 0 Å². The van der Waals surface area contributed by atoms with Gasteiger partial charge in [0.2, 0.25) is 0 Å². The number of benzene rings is 1. The Bertz CT molecular complexity index is 525. The van der Waals surface area contributed by atoms with Crippen LogP contribution in [0.4, 0.5) is 4.39 Å². The average Bonchev–Trinajstić information content (AvgIpc) is 2.56. The highest BCUT2D eigenvalue weighted by Crippen LogP contribution is 2.31. The van der Waals surface area contributed by atoms with Crippen LogP contribution in [0.3, 0.4) is 0 Å². The third-order valence-electron chi connectivity index (χ3n) is 1.92. The molecule has 0 radical (unpaired) electrons. The minimum Gasteiger partial charge on any atom is -0.195 e. The van der Waals surface area contributed by atoms with E-state index in [-0.39, 0.29) is 5.13 Å². The van der Waals surface area contributed by atoms with Gasteiger partial charge in [0.15, 0.2) is 5.13 Å². The van der Waals surface area contributed by atoms with Crippen LogP contribution >= 0.6 is 23.1 Å². The Kier molecular flexibility index (Phi) is 2.44. The van der Waals surface area contributed by atoms with Gasteiger partial charge in [0.1, 0.15) is 6.07 Å². The van der Waals surface area contributed by atoms with Crippen LogP contribution in [0.15, 0.2) is 23.1 Å². The molecule has 0 spiro atoms. The number of rotatable bonds is 1. The van der Waals surface area contributed by atoms with Gasteiger partial charge in [-0.3, -0.25) is 0 Å². The second kappa shape index (κ2) is 3.60. The minimum absolute atomic E-state index is 0.241. The number of nitriles is 1. The van der Waals surface area contributed by atoms with Crippen LogP contribution in [0.5, 0.6) is 0 Å². The topological polar surface area (TPSA) is 23.8 Å². The molecule has 4 heteroatoms. The van der Waals surface area contributed by atoms with Crippen LogP contribution in [0, 0.1) is 16.5 Å². The summed E-state index contributed by atoms with van der Waals surface area (Å²) in [5.41, 5.74) is 0.556. The molecule has 1 aromatic heterocycles. The van der Waals surface area contributed by atoms with Gasteiger partial charge in [0, 0.05) is 4.90 Å². The summed E-state index contributed by atoms with van der Waals surface area (Å²) >= 11 is 2.58. The third kappa shape index (κ3) is 1.49. The Hall–Kier alpha value is -1.05. The van der Waals surface area contributed by atoms with E-state index in [2.05, 4.69) is 6.07 Å². The second-order valence-corrected chi connectivity index (χ2v) is 4.64. The lowest BCUT2D eigenvalue weighted by atomic mass is 10.2. The van der Waals surface area contributed by atoms with E-state index in [0.29, 0.717) is 5.56 Å². The molecule has 0 aliphatic rings. The third-order valence-corrected chi connectivity index (χ3v) is 3.60. The second-order valence-electron chi connectivity index (χ2n) is 2.76. The van der Waals surface area contributed by atoms with Crippen molar-refractivity contribution in [1.82, 2.24) is 0 Å². The van der Waals surface area contributed by atoms with Crippen LogP contribution in [0.1, 0.15) is 5.56 Å². The molecule has 0 atom stereocenters. The zero-order valence-electron chi connectivity index (χ0n) is 7.37. The fraction of sp³-hybridized carbons (Fsp3) is 0.100. The highest BCUT2D eigenvalue weighted by atomic mass is 32.2. The number of thiophene rings is 1. The van der Waals surface area contributed by atoms with Crippen molar-refractivity contribution in [2.45, 2.75) is 4.90 Å². The molecule has 0 bridgehead atoms. The van der Waals surface area contributed by atoms with Crippen LogP contribution in [0.25, 0.3) is 10.1 Å². The van der Waals surface area contributed by atoms with Gasteiger partial charge in [-0.1, -0.05) is 0 Å². The van der Waals surface area contributed by atoms with Gasteiger partial charge in [0.05, 0.1) is 10.3 Å². The van der Waals surface area contributed by atoms with Gasteiger partial charge in [-0.15, -0.1) is 23.1 Å². The van der Waals surface area contributed by atoms with E-state index in [1.807, 2.05) is 12.3 Å². The van der Waals surface area contributed by atoms with E-state index < -0.39 is 0 Å². The lowest BCUT2D eigenvalue weighted by Crippen LogP contribution is -1.76. The number of thioether (sulfide) groups is 1. The first-order chi connectivity index (χ1) is 6.74. The van der Waals surface area contributed by atoms with Gasteiger partial charge in [0.25, 0.3) is 0 Å². The Morgan fingerprint density at radius 1 is 1.43 bits per heavy atom. The summed E-state index contributed by atoms with van der Waals surface area (Å²) in [6.45, 7) is 0. The first-order valence-corrected chi connectivity index (χ1v) is 5.96. The molecule has 0 N–H and O–H groups in total. The fourth-order valence-electron chi connectivity index (χ4n) is 1.30. The standard InChI is InChI=1S/C10H6FNS2/c1-13-8-2-6-4-9(11)14-10(6)7(3-8)5-12/h2-4H,1H3. The van der Waals surface area contributed by atoms with Gasteiger partial charge in [-0.25, -0.2) is 0 Å². The molecular weight excluding hydrogens is 217 g/mol. The summed E-state index contributed by atoms with van der Waals surface area (Å²) < 4.78 is 13.7. The van der Waals surface area contributed by atoms with Crippen LogP contribution in [0.2, 0.25) is 0 Å². The largest absolute Gasteiger partial charge is 0.195 e. The van der Waals surface area contributed by atoms with Crippen molar-refractivity contribution in [3.63, 3.8) is 0 Å². The highest BCUT2D eigenvalue weighted by molar-refractivity contribution is 7.98. The molecule has 0 saturated heterocycles. The molecule has 0 unspecified atom stereocenters. The molecule has 1 nitrogen and oxygen atoms in total. The van der Waals surface area contributed by atoms with Crippen LogP contribution in [-0.4, -0.2) is 6.26 Å². The predicted molar refractivity (Wildman–Crippen MR) is 58.3 cm³/mol.